The van der Waals surface area contributed by atoms with Crippen molar-refractivity contribution in [1.29, 1.82) is 0 Å². The summed E-state index contributed by atoms with van der Waals surface area (Å²) in [5.74, 6) is -4.79. The van der Waals surface area contributed by atoms with Gasteiger partial charge in [0.1, 0.15) is 0 Å². The predicted octanol–water partition coefficient (Wildman–Crippen LogP) is -0.823. The zero-order valence-corrected chi connectivity index (χ0v) is 11.5. The Kier molecular flexibility index (Phi) is 3.44. The van der Waals surface area contributed by atoms with E-state index in [4.69, 9.17) is 0 Å². The molecule has 0 heterocycles. The molecule has 6 nitrogen and oxygen atoms in total. The molecule has 1 aromatic carbocycles. The zero-order chi connectivity index (χ0) is 15.9. The number of hydrogen-bond acceptors (Lipinski definition) is 5. The first-order valence-electron chi connectivity index (χ1n) is 6.99. The third kappa shape index (κ3) is 2.36. The molecule has 1 saturated carbocycles. The summed E-state index contributed by atoms with van der Waals surface area (Å²) in [7, 11) is 0. The van der Waals surface area contributed by atoms with Gasteiger partial charge in [-0.2, -0.15) is 0 Å². The molecule has 0 radical (unpaired) electrons. The van der Waals surface area contributed by atoms with Gasteiger partial charge in [-0.05, 0) is 36.0 Å². The topological polar surface area (TPSA) is 109 Å². The second-order valence-corrected chi connectivity index (χ2v) is 5.68. The van der Waals surface area contributed by atoms with E-state index in [1.54, 1.807) is 6.07 Å². The van der Waals surface area contributed by atoms with Crippen molar-refractivity contribution in [2.45, 2.75) is 6.42 Å². The fraction of sp³-hybridized carbons (Fsp3) is 0.312. The van der Waals surface area contributed by atoms with Gasteiger partial charge in [-0.3, -0.25) is 4.79 Å². The Bertz CT molecular complexity index is 681. The van der Waals surface area contributed by atoms with E-state index in [1.807, 2.05) is 12.2 Å². The molecule has 4 atom stereocenters. The van der Waals surface area contributed by atoms with Crippen LogP contribution in [0.25, 0.3) is 0 Å². The highest BCUT2D eigenvalue weighted by atomic mass is 16.4. The summed E-state index contributed by atoms with van der Waals surface area (Å²) < 4.78 is 0. The first-order chi connectivity index (χ1) is 10.5. The van der Waals surface area contributed by atoms with Crippen LogP contribution in [0.2, 0.25) is 0 Å². The molecule has 2 bridgehead atoms. The number of carboxylic acids is 2. The lowest BCUT2D eigenvalue weighted by molar-refractivity contribution is -0.313. The number of aromatic carboxylic acids is 1. The fourth-order valence-corrected chi connectivity index (χ4v) is 3.45. The van der Waals surface area contributed by atoms with Crippen LogP contribution in [0.15, 0.2) is 36.4 Å². The van der Waals surface area contributed by atoms with Gasteiger partial charge in [0.25, 0.3) is 0 Å². The molecule has 22 heavy (non-hydrogen) atoms. The Morgan fingerprint density at radius 3 is 2.36 bits per heavy atom. The minimum Gasteiger partial charge on any atom is -0.550 e. The van der Waals surface area contributed by atoms with E-state index in [-0.39, 0.29) is 17.4 Å². The number of carbonyl (C=O) groups excluding carboxylic acids is 3. The Hall–Kier alpha value is -2.63. The number of carboxylic acid groups (broad SMARTS) is 2. The van der Waals surface area contributed by atoms with Crippen molar-refractivity contribution in [3.8, 4) is 0 Å². The van der Waals surface area contributed by atoms with Gasteiger partial charge in [-0.25, -0.2) is 0 Å². The molecular formula is C16H13NO5-2. The summed E-state index contributed by atoms with van der Waals surface area (Å²) >= 11 is 0. The highest BCUT2D eigenvalue weighted by Crippen LogP contribution is 2.48. The number of aliphatic carboxylic acids is 1. The average Bonchev–Trinajstić information content (AvgIpc) is 3.07. The summed E-state index contributed by atoms with van der Waals surface area (Å²) in [5, 5.41) is 24.7. The normalized spacial score (nSPS) is 28.5. The minimum atomic E-state index is -1.34. The van der Waals surface area contributed by atoms with Gasteiger partial charge in [-0.1, -0.05) is 24.3 Å². The summed E-state index contributed by atoms with van der Waals surface area (Å²) in [6.45, 7) is 0. The van der Waals surface area contributed by atoms with Gasteiger partial charge >= 0.3 is 0 Å². The second-order valence-electron chi connectivity index (χ2n) is 5.68. The maximum absolute atomic E-state index is 12.4. The third-order valence-electron chi connectivity index (χ3n) is 4.40. The molecule has 0 spiro atoms. The quantitative estimate of drug-likeness (QED) is 0.730. The van der Waals surface area contributed by atoms with Crippen LogP contribution in [-0.4, -0.2) is 17.8 Å². The summed E-state index contributed by atoms with van der Waals surface area (Å²) in [6.07, 6.45) is 4.33. The van der Waals surface area contributed by atoms with Crippen molar-refractivity contribution >= 4 is 23.5 Å². The van der Waals surface area contributed by atoms with E-state index in [0.717, 1.165) is 0 Å². The van der Waals surface area contributed by atoms with Gasteiger partial charge in [0.15, 0.2) is 0 Å². The van der Waals surface area contributed by atoms with Gasteiger partial charge in [0.05, 0.1) is 11.9 Å². The van der Waals surface area contributed by atoms with E-state index >= 15 is 0 Å². The number of benzene rings is 1. The molecule has 0 unspecified atom stereocenters. The zero-order valence-electron chi connectivity index (χ0n) is 11.5. The molecule has 2 aliphatic carbocycles. The summed E-state index contributed by atoms with van der Waals surface area (Å²) in [6, 6.07) is 5.67. The molecule has 2 aliphatic rings. The van der Waals surface area contributed by atoms with Crippen molar-refractivity contribution in [1.82, 2.24) is 0 Å². The second kappa shape index (κ2) is 5.29. The van der Waals surface area contributed by atoms with Crippen LogP contribution >= 0.6 is 0 Å². The molecular weight excluding hydrogens is 286 g/mol. The van der Waals surface area contributed by atoms with Gasteiger partial charge in [0, 0.05) is 17.6 Å². The van der Waals surface area contributed by atoms with Crippen LogP contribution in [0, 0.1) is 23.7 Å². The first kappa shape index (κ1) is 14.3. The largest absolute Gasteiger partial charge is 0.550 e. The number of allylic oxidation sites excluding steroid dienone is 2. The molecule has 1 aromatic rings. The fourth-order valence-electron chi connectivity index (χ4n) is 3.45. The van der Waals surface area contributed by atoms with Crippen molar-refractivity contribution in [2.75, 3.05) is 5.32 Å². The molecule has 0 saturated heterocycles. The number of carbonyl (C=O) groups is 3. The first-order valence-corrected chi connectivity index (χ1v) is 6.99. The number of fused-ring (bicyclic) bond motifs is 2. The standard InChI is InChI=1S/C16H15NO5/c18-14(17-11-3-1-2-10(7-11)15(19)20)12-8-4-5-9(6-8)13(12)16(21)22/h1-5,7-9,12-13H,6H2,(H,17,18)(H,19,20)(H,21,22)/p-2/t8-,9+,12+,13+/m0/s1. The smallest absolute Gasteiger partial charge is 0.228 e. The molecule has 0 aromatic heterocycles. The lowest BCUT2D eigenvalue weighted by Gasteiger charge is -2.27. The van der Waals surface area contributed by atoms with E-state index in [0.29, 0.717) is 12.1 Å². The number of hydrogen-bond donors (Lipinski definition) is 1. The molecule has 3 rings (SSSR count). The maximum Gasteiger partial charge on any atom is 0.228 e. The van der Waals surface area contributed by atoms with Crippen LogP contribution in [0.5, 0.6) is 0 Å². The minimum absolute atomic E-state index is 0.0536. The van der Waals surface area contributed by atoms with E-state index in [1.165, 1.54) is 18.2 Å². The molecule has 1 N–H and O–H groups in total. The third-order valence-corrected chi connectivity index (χ3v) is 4.40. The highest BCUT2D eigenvalue weighted by Gasteiger charge is 2.48. The molecule has 1 fully saturated rings. The van der Waals surface area contributed by atoms with Crippen LogP contribution in [0.3, 0.4) is 0 Å². The SMILES string of the molecule is O=C([O-])c1cccc(NC(=O)[C@H]2[C@H](C(=O)[O-])[C@@H]3C=C[C@H]2C3)c1. The average molecular weight is 299 g/mol. The summed E-state index contributed by atoms with van der Waals surface area (Å²) in [4.78, 5) is 34.5. The van der Waals surface area contributed by atoms with E-state index in [9.17, 15) is 24.6 Å². The van der Waals surface area contributed by atoms with E-state index in [2.05, 4.69) is 5.32 Å². The van der Waals surface area contributed by atoms with Gasteiger partial charge < -0.3 is 25.1 Å². The Morgan fingerprint density at radius 2 is 1.73 bits per heavy atom. The number of anilines is 1. The van der Waals surface area contributed by atoms with Crippen molar-refractivity contribution in [2.24, 2.45) is 23.7 Å². The van der Waals surface area contributed by atoms with Crippen molar-refractivity contribution < 1.29 is 24.6 Å². The number of rotatable bonds is 4. The van der Waals surface area contributed by atoms with Crippen LogP contribution in [0.4, 0.5) is 5.69 Å². The predicted molar refractivity (Wildman–Crippen MR) is 72.1 cm³/mol. The van der Waals surface area contributed by atoms with Crippen molar-refractivity contribution in [3.05, 3.63) is 42.0 Å². The lowest BCUT2D eigenvalue weighted by atomic mass is 9.82. The number of amides is 1. The Labute approximate surface area is 126 Å². The van der Waals surface area contributed by atoms with Gasteiger partial charge in [-0.15, -0.1) is 0 Å². The molecule has 6 heteroatoms. The molecule has 0 aliphatic heterocycles. The van der Waals surface area contributed by atoms with Crippen LogP contribution < -0.4 is 15.5 Å². The summed E-state index contributed by atoms with van der Waals surface area (Å²) in [5.41, 5.74) is 0.248. The van der Waals surface area contributed by atoms with Crippen LogP contribution in [-0.2, 0) is 9.59 Å². The Balaban J connectivity index is 1.80. The highest BCUT2D eigenvalue weighted by molar-refractivity contribution is 5.97. The van der Waals surface area contributed by atoms with Gasteiger partial charge in [0.2, 0.25) is 5.91 Å². The lowest BCUT2D eigenvalue weighted by Crippen LogP contribution is -2.42. The van der Waals surface area contributed by atoms with Crippen LogP contribution in [0.1, 0.15) is 16.8 Å². The molecule has 114 valence electrons. The Morgan fingerprint density at radius 1 is 1.05 bits per heavy atom. The molecule has 1 amide bonds. The maximum atomic E-state index is 12.4. The monoisotopic (exact) mass is 299 g/mol. The van der Waals surface area contributed by atoms with E-state index < -0.39 is 29.7 Å². The number of nitrogens with one attached hydrogen (secondary N) is 1. The van der Waals surface area contributed by atoms with Crippen molar-refractivity contribution in [3.63, 3.8) is 0 Å².